The van der Waals surface area contributed by atoms with Crippen molar-refractivity contribution in [1.29, 1.82) is 0 Å². The van der Waals surface area contributed by atoms with Gasteiger partial charge in [0, 0.05) is 29.6 Å². The third kappa shape index (κ3) is 3.16. The number of benzene rings is 1. The van der Waals surface area contributed by atoms with Gasteiger partial charge in [0.15, 0.2) is 5.69 Å². The van der Waals surface area contributed by atoms with Gasteiger partial charge in [0.2, 0.25) is 0 Å². The van der Waals surface area contributed by atoms with Gasteiger partial charge in [0.25, 0.3) is 5.91 Å². The number of amides is 1. The first-order valence-electron chi connectivity index (χ1n) is 9.27. The van der Waals surface area contributed by atoms with Crippen LogP contribution in [0, 0.1) is 0 Å². The molecule has 2 aliphatic heterocycles. The number of hydrogen-bond donors (Lipinski definition) is 2. The van der Waals surface area contributed by atoms with E-state index in [4.69, 9.17) is 4.74 Å². The van der Waals surface area contributed by atoms with E-state index in [1.165, 1.54) is 0 Å². The van der Waals surface area contributed by atoms with Gasteiger partial charge in [-0.1, -0.05) is 25.1 Å². The molecule has 3 atom stereocenters. The van der Waals surface area contributed by atoms with Crippen molar-refractivity contribution in [2.75, 3.05) is 13.2 Å². The summed E-state index contributed by atoms with van der Waals surface area (Å²) in [6.07, 6.45) is 2.79. The number of nitrogens with one attached hydrogen (secondary N) is 2. The number of carbonyl (C=O) groups is 1. The molecule has 2 saturated heterocycles. The fraction of sp³-hybridized carbons (Fsp3) is 0.579. The van der Waals surface area contributed by atoms with Gasteiger partial charge in [-0.3, -0.25) is 9.48 Å². The first-order chi connectivity index (χ1) is 12.2. The summed E-state index contributed by atoms with van der Waals surface area (Å²) in [7, 11) is 0. The van der Waals surface area contributed by atoms with Gasteiger partial charge in [0.05, 0.1) is 18.7 Å². The Labute approximate surface area is 147 Å². The van der Waals surface area contributed by atoms with Crippen molar-refractivity contribution in [3.8, 4) is 0 Å². The lowest BCUT2D eigenvalue weighted by Gasteiger charge is -2.40. The van der Waals surface area contributed by atoms with E-state index in [0.717, 1.165) is 43.4 Å². The second-order valence-electron chi connectivity index (χ2n) is 7.31. The number of piperidine rings is 1. The third-order valence-corrected chi connectivity index (χ3v) is 5.42. The first-order valence-corrected chi connectivity index (χ1v) is 9.27. The minimum atomic E-state index is -0.0656. The molecule has 4 rings (SSSR count). The van der Waals surface area contributed by atoms with Crippen LogP contribution in [0.3, 0.4) is 0 Å². The standard InChI is InChI=1S/C19H26N4O2/c1-3-12(2)23-17-7-5-4-6-16(17)18(22-23)19(24)21-13-8-14-10-25-11-15(9-13)20-14/h4-7,12-15,20H,3,8-11H2,1-2H3,(H,21,24)/t12?,14-,15-/m0/s1. The van der Waals surface area contributed by atoms with Gasteiger partial charge in [-0.05, 0) is 32.3 Å². The molecule has 6 heteroatoms. The highest BCUT2D eigenvalue weighted by Crippen LogP contribution is 2.24. The summed E-state index contributed by atoms with van der Waals surface area (Å²) in [5, 5.41) is 12.4. The molecule has 2 N–H and O–H groups in total. The molecule has 0 radical (unpaired) electrons. The quantitative estimate of drug-likeness (QED) is 0.894. The van der Waals surface area contributed by atoms with Gasteiger partial charge in [-0.25, -0.2) is 0 Å². The Kier molecular flexibility index (Phi) is 4.48. The van der Waals surface area contributed by atoms with Gasteiger partial charge in [0.1, 0.15) is 0 Å². The summed E-state index contributed by atoms with van der Waals surface area (Å²) in [4.78, 5) is 12.9. The van der Waals surface area contributed by atoms with Gasteiger partial charge in [-0.15, -0.1) is 0 Å². The zero-order valence-corrected chi connectivity index (χ0v) is 14.9. The fourth-order valence-corrected chi connectivity index (χ4v) is 3.97. The molecule has 6 nitrogen and oxygen atoms in total. The molecular formula is C19H26N4O2. The Hall–Kier alpha value is -1.92. The molecule has 134 valence electrons. The molecule has 1 aromatic carbocycles. The summed E-state index contributed by atoms with van der Waals surface area (Å²) in [6.45, 7) is 5.73. The predicted molar refractivity (Wildman–Crippen MR) is 96.8 cm³/mol. The number of carbonyl (C=O) groups excluding carboxylic acids is 1. The zero-order valence-electron chi connectivity index (χ0n) is 14.9. The van der Waals surface area contributed by atoms with Crippen LogP contribution in [-0.4, -0.2) is 47.0 Å². The minimum Gasteiger partial charge on any atom is -0.378 e. The average Bonchev–Trinajstić information content (AvgIpc) is 3.00. The van der Waals surface area contributed by atoms with Crippen LogP contribution < -0.4 is 10.6 Å². The summed E-state index contributed by atoms with van der Waals surface area (Å²) in [6, 6.07) is 9.12. The lowest BCUT2D eigenvalue weighted by atomic mass is 9.92. The highest BCUT2D eigenvalue weighted by molar-refractivity contribution is 6.05. The molecule has 1 aromatic heterocycles. The summed E-state index contributed by atoms with van der Waals surface area (Å²) >= 11 is 0. The third-order valence-electron chi connectivity index (χ3n) is 5.42. The van der Waals surface area contributed by atoms with E-state index in [2.05, 4.69) is 29.6 Å². The maximum atomic E-state index is 12.9. The second-order valence-corrected chi connectivity index (χ2v) is 7.31. The first kappa shape index (κ1) is 16.5. The Morgan fingerprint density at radius 2 is 2.08 bits per heavy atom. The molecule has 0 spiro atoms. The van der Waals surface area contributed by atoms with Crippen molar-refractivity contribution in [2.24, 2.45) is 0 Å². The number of nitrogens with zero attached hydrogens (tertiary/aromatic N) is 2. The van der Waals surface area contributed by atoms with Gasteiger partial charge in [-0.2, -0.15) is 5.10 Å². The van der Waals surface area contributed by atoms with Crippen LogP contribution in [-0.2, 0) is 4.74 Å². The van der Waals surface area contributed by atoms with Crippen LogP contribution >= 0.6 is 0 Å². The maximum absolute atomic E-state index is 12.9. The summed E-state index contributed by atoms with van der Waals surface area (Å²) in [5.74, 6) is -0.0656. The molecular weight excluding hydrogens is 316 g/mol. The van der Waals surface area contributed by atoms with E-state index < -0.39 is 0 Å². The molecule has 0 aliphatic carbocycles. The number of ether oxygens (including phenoxy) is 1. The molecule has 3 heterocycles. The average molecular weight is 342 g/mol. The van der Waals surface area contributed by atoms with E-state index in [9.17, 15) is 4.79 Å². The van der Waals surface area contributed by atoms with Crippen LogP contribution in [0.4, 0.5) is 0 Å². The normalized spacial score (nSPS) is 27.2. The monoisotopic (exact) mass is 342 g/mol. The SMILES string of the molecule is CCC(C)n1nc(C(=O)NC2C[C@H]3COC[C@H](C2)N3)c2ccccc21. The van der Waals surface area contributed by atoms with E-state index in [0.29, 0.717) is 17.8 Å². The van der Waals surface area contributed by atoms with E-state index in [1.54, 1.807) is 0 Å². The van der Waals surface area contributed by atoms with Crippen molar-refractivity contribution in [1.82, 2.24) is 20.4 Å². The van der Waals surface area contributed by atoms with Crippen LogP contribution in [0.15, 0.2) is 24.3 Å². The fourth-order valence-electron chi connectivity index (χ4n) is 3.97. The predicted octanol–water partition coefficient (Wildman–Crippen LogP) is 2.26. The van der Waals surface area contributed by atoms with E-state index in [-0.39, 0.29) is 18.0 Å². The van der Waals surface area contributed by atoms with Crippen molar-refractivity contribution < 1.29 is 9.53 Å². The molecule has 0 saturated carbocycles. The topological polar surface area (TPSA) is 68.2 Å². The molecule has 2 aromatic rings. The highest BCUT2D eigenvalue weighted by Gasteiger charge is 2.33. The van der Waals surface area contributed by atoms with Crippen molar-refractivity contribution in [2.45, 2.75) is 57.3 Å². The molecule has 2 fully saturated rings. The number of rotatable bonds is 4. The Bertz CT molecular complexity index is 760. The Morgan fingerprint density at radius 3 is 2.80 bits per heavy atom. The number of fused-ring (bicyclic) bond motifs is 3. The van der Waals surface area contributed by atoms with Crippen LogP contribution in [0.25, 0.3) is 10.9 Å². The lowest BCUT2D eigenvalue weighted by Crippen LogP contribution is -2.58. The molecule has 1 unspecified atom stereocenters. The number of hydrogen-bond acceptors (Lipinski definition) is 4. The second kappa shape index (κ2) is 6.77. The Balaban J connectivity index is 1.58. The van der Waals surface area contributed by atoms with Crippen LogP contribution in [0.2, 0.25) is 0 Å². The van der Waals surface area contributed by atoms with Crippen molar-refractivity contribution in [3.05, 3.63) is 30.0 Å². The number of aromatic nitrogens is 2. The summed E-state index contributed by atoms with van der Waals surface area (Å²) < 4.78 is 7.56. The zero-order chi connectivity index (χ0) is 17.4. The minimum absolute atomic E-state index is 0.0656. The lowest BCUT2D eigenvalue weighted by molar-refractivity contribution is 0.0148. The Morgan fingerprint density at radius 1 is 1.36 bits per heavy atom. The molecule has 1 amide bonds. The molecule has 2 aliphatic rings. The van der Waals surface area contributed by atoms with Gasteiger partial charge < -0.3 is 15.4 Å². The van der Waals surface area contributed by atoms with Crippen LogP contribution in [0.1, 0.15) is 49.6 Å². The highest BCUT2D eigenvalue weighted by atomic mass is 16.5. The van der Waals surface area contributed by atoms with Crippen LogP contribution in [0.5, 0.6) is 0 Å². The smallest absolute Gasteiger partial charge is 0.272 e. The van der Waals surface area contributed by atoms with Crippen molar-refractivity contribution in [3.63, 3.8) is 0 Å². The largest absolute Gasteiger partial charge is 0.378 e. The van der Waals surface area contributed by atoms with E-state index in [1.807, 2.05) is 28.9 Å². The molecule has 2 bridgehead atoms. The summed E-state index contributed by atoms with van der Waals surface area (Å²) in [5.41, 5.74) is 1.56. The number of para-hydroxylation sites is 1. The van der Waals surface area contributed by atoms with E-state index >= 15 is 0 Å². The number of morpholine rings is 1. The van der Waals surface area contributed by atoms with Gasteiger partial charge >= 0.3 is 0 Å². The van der Waals surface area contributed by atoms with Crippen molar-refractivity contribution >= 4 is 16.8 Å². The molecule has 25 heavy (non-hydrogen) atoms. The maximum Gasteiger partial charge on any atom is 0.272 e.